The van der Waals surface area contributed by atoms with Crippen molar-refractivity contribution in [2.75, 3.05) is 0 Å². The van der Waals surface area contributed by atoms with Crippen molar-refractivity contribution >= 4 is 11.6 Å². The van der Waals surface area contributed by atoms with Crippen LogP contribution in [0.1, 0.15) is 69.0 Å². The van der Waals surface area contributed by atoms with Gasteiger partial charge in [-0.25, -0.2) is 0 Å². The number of benzene rings is 1. The van der Waals surface area contributed by atoms with Crippen LogP contribution in [0.5, 0.6) is 0 Å². The van der Waals surface area contributed by atoms with Crippen LogP contribution in [0.15, 0.2) is 18.2 Å². The Morgan fingerprint density at radius 1 is 1.16 bits per heavy atom. The highest BCUT2D eigenvalue weighted by Crippen LogP contribution is 2.25. The summed E-state index contributed by atoms with van der Waals surface area (Å²) in [6.45, 7) is 4.34. The first-order chi connectivity index (χ1) is 9.19. The predicted octanol–water partition coefficient (Wildman–Crippen LogP) is 4.90. The molecule has 0 aliphatic carbocycles. The Morgan fingerprint density at radius 2 is 1.84 bits per heavy atom. The number of halogens is 1. The van der Waals surface area contributed by atoms with Crippen molar-refractivity contribution in [3.05, 3.63) is 34.3 Å². The molecule has 1 unspecified atom stereocenters. The van der Waals surface area contributed by atoms with E-state index in [1.807, 2.05) is 12.1 Å². The van der Waals surface area contributed by atoms with Gasteiger partial charge in [-0.3, -0.25) is 11.3 Å². The Bertz CT molecular complexity index is 366. The van der Waals surface area contributed by atoms with Crippen molar-refractivity contribution in [1.29, 1.82) is 0 Å². The van der Waals surface area contributed by atoms with E-state index in [0.29, 0.717) is 0 Å². The van der Waals surface area contributed by atoms with Gasteiger partial charge in [-0.05, 0) is 36.6 Å². The molecule has 108 valence electrons. The molecule has 0 saturated heterocycles. The van der Waals surface area contributed by atoms with Crippen molar-refractivity contribution in [2.45, 2.75) is 64.8 Å². The van der Waals surface area contributed by atoms with Crippen LogP contribution in [0, 0.1) is 6.92 Å². The molecule has 0 radical (unpaired) electrons. The summed E-state index contributed by atoms with van der Waals surface area (Å²) in [7, 11) is 0. The van der Waals surface area contributed by atoms with Gasteiger partial charge in [0.2, 0.25) is 0 Å². The van der Waals surface area contributed by atoms with E-state index in [4.69, 9.17) is 17.4 Å². The van der Waals surface area contributed by atoms with Crippen molar-refractivity contribution in [2.24, 2.45) is 5.84 Å². The van der Waals surface area contributed by atoms with Crippen LogP contribution >= 0.6 is 11.6 Å². The smallest absolute Gasteiger partial charge is 0.0462 e. The van der Waals surface area contributed by atoms with E-state index in [1.54, 1.807) is 0 Å². The first-order valence-corrected chi connectivity index (χ1v) is 7.79. The normalized spacial score (nSPS) is 12.6. The summed E-state index contributed by atoms with van der Waals surface area (Å²) >= 11 is 5.99. The SMILES string of the molecule is CCCCCCCCC(NN)c1ccc(Cl)cc1C. The lowest BCUT2D eigenvalue weighted by molar-refractivity contribution is 0.475. The van der Waals surface area contributed by atoms with Crippen LogP contribution in [-0.2, 0) is 0 Å². The lowest BCUT2D eigenvalue weighted by Crippen LogP contribution is -2.28. The number of aryl methyl sites for hydroxylation is 1. The zero-order chi connectivity index (χ0) is 14.1. The molecule has 2 nitrogen and oxygen atoms in total. The van der Waals surface area contributed by atoms with E-state index >= 15 is 0 Å². The lowest BCUT2D eigenvalue weighted by atomic mass is 9.96. The van der Waals surface area contributed by atoms with Gasteiger partial charge in [0, 0.05) is 11.1 Å². The number of nitrogens with one attached hydrogen (secondary N) is 1. The second-order valence-corrected chi connectivity index (χ2v) is 5.71. The average molecular weight is 283 g/mol. The molecule has 0 amide bonds. The van der Waals surface area contributed by atoms with Gasteiger partial charge in [0.15, 0.2) is 0 Å². The average Bonchev–Trinajstić information content (AvgIpc) is 2.39. The largest absolute Gasteiger partial charge is 0.271 e. The van der Waals surface area contributed by atoms with Gasteiger partial charge in [0.1, 0.15) is 0 Å². The van der Waals surface area contributed by atoms with Gasteiger partial charge in [-0.1, -0.05) is 63.1 Å². The highest BCUT2D eigenvalue weighted by molar-refractivity contribution is 6.30. The van der Waals surface area contributed by atoms with Gasteiger partial charge in [-0.15, -0.1) is 0 Å². The van der Waals surface area contributed by atoms with Crippen molar-refractivity contribution < 1.29 is 0 Å². The zero-order valence-corrected chi connectivity index (χ0v) is 13.0. The van der Waals surface area contributed by atoms with E-state index < -0.39 is 0 Å². The van der Waals surface area contributed by atoms with Gasteiger partial charge in [0.05, 0.1) is 0 Å². The molecule has 1 aromatic rings. The Hall–Kier alpha value is -0.570. The van der Waals surface area contributed by atoms with Crippen LogP contribution in [0.4, 0.5) is 0 Å². The van der Waals surface area contributed by atoms with Gasteiger partial charge >= 0.3 is 0 Å². The lowest BCUT2D eigenvalue weighted by Gasteiger charge is -2.18. The minimum Gasteiger partial charge on any atom is -0.271 e. The number of nitrogens with two attached hydrogens (primary N) is 1. The molecule has 0 saturated carbocycles. The van der Waals surface area contributed by atoms with Crippen LogP contribution in [0.3, 0.4) is 0 Å². The summed E-state index contributed by atoms with van der Waals surface area (Å²) in [4.78, 5) is 0. The zero-order valence-electron chi connectivity index (χ0n) is 12.2. The Morgan fingerprint density at radius 3 is 2.47 bits per heavy atom. The first kappa shape index (κ1) is 16.5. The summed E-state index contributed by atoms with van der Waals surface area (Å²) in [5.41, 5.74) is 5.41. The van der Waals surface area contributed by atoms with Crippen molar-refractivity contribution in [3.63, 3.8) is 0 Å². The summed E-state index contributed by atoms with van der Waals surface area (Å²) in [5, 5.41) is 0.789. The molecular formula is C16H27ClN2. The second-order valence-electron chi connectivity index (χ2n) is 5.28. The highest BCUT2D eigenvalue weighted by Gasteiger charge is 2.11. The summed E-state index contributed by atoms with van der Waals surface area (Å²) in [5.74, 6) is 5.69. The summed E-state index contributed by atoms with van der Waals surface area (Å²) in [6, 6.07) is 6.26. The molecule has 19 heavy (non-hydrogen) atoms. The standard InChI is InChI=1S/C16H27ClN2/c1-3-4-5-6-7-8-9-16(19-18)15-11-10-14(17)12-13(15)2/h10-12,16,19H,3-9,18H2,1-2H3. The highest BCUT2D eigenvalue weighted by atomic mass is 35.5. The number of hydrogen-bond donors (Lipinski definition) is 2. The van der Waals surface area contributed by atoms with Crippen LogP contribution in [0.2, 0.25) is 5.02 Å². The molecule has 0 aliphatic rings. The van der Waals surface area contributed by atoms with Crippen LogP contribution < -0.4 is 11.3 Å². The monoisotopic (exact) mass is 282 g/mol. The Kier molecular flexibility index (Phi) is 8.11. The molecule has 3 heteroatoms. The third-order valence-corrected chi connectivity index (χ3v) is 3.89. The third-order valence-electron chi connectivity index (χ3n) is 3.65. The Labute approximate surface area is 122 Å². The fraction of sp³-hybridized carbons (Fsp3) is 0.625. The maximum Gasteiger partial charge on any atom is 0.0462 e. The number of unbranched alkanes of at least 4 members (excludes halogenated alkanes) is 5. The molecule has 1 aromatic carbocycles. The van der Waals surface area contributed by atoms with E-state index in [-0.39, 0.29) is 6.04 Å². The number of hydrogen-bond acceptors (Lipinski definition) is 2. The quantitative estimate of drug-likeness (QED) is 0.384. The predicted molar refractivity (Wildman–Crippen MR) is 84.2 cm³/mol. The van der Waals surface area contributed by atoms with Gasteiger partial charge in [0.25, 0.3) is 0 Å². The van der Waals surface area contributed by atoms with E-state index in [9.17, 15) is 0 Å². The maximum atomic E-state index is 5.99. The molecule has 0 fully saturated rings. The third kappa shape index (κ3) is 5.94. The molecule has 3 N–H and O–H groups in total. The van der Waals surface area contributed by atoms with Gasteiger partial charge < -0.3 is 0 Å². The molecule has 0 heterocycles. The van der Waals surface area contributed by atoms with E-state index in [2.05, 4.69) is 25.3 Å². The molecule has 1 atom stereocenters. The molecule has 0 bridgehead atoms. The van der Waals surface area contributed by atoms with Gasteiger partial charge in [-0.2, -0.15) is 0 Å². The fourth-order valence-corrected chi connectivity index (χ4v) is 2.71. The first-order valence-electron chi connectivity index (χ1n) is 7.41. The van der Waals surface area contributed by atoms with Crippen LogP contribution in [0.25, 0.3) is 0 Å². The summed E-state index contributed by atoms with van der Waals surface area (Å²) in [6.07, 6.45) is 8.96. The molecule has 0 aliphatic heterocycles. The number of hydrazine groups is 1. The van der Waals surface area contributed by atoms with E-state index in [0.717, 1.165) is 11.4 Å². The Balaban J connectivity index is 2.40. The van der Waals surface area contributed by atoms with Crippen molar-refractivity contribution in [3.8, 4) is 0 Å². The minimum absolute atomic E-state index is 0.239. The molecule has 1 rings (SSSR count). The second kappa shape index (κ2) is 9.35. The minimum atomic E-state index is 0.239. The van der Waals surface area contributed by atoms with Crippen molar-refractivity contribution in [1.82, 2.24) is 5.43 Å². The van der Waals surface area contributed by atoms with E-state index in [1.165, 1.54) is 49.7 Å². The summed E-state index contributed by atoms with van der Waals surface area (Å²) < 4.78 is 0. The molecular weight excluding hydrogens is 256 g/mol. The molecule has 0 aromatic heterocycles. The van der Waals surface area contributed by atoms with Crippen LogP contribution in [-0.4, -0.2) is 0 Å². The topological polar surface area (TPSA) is 38.0 Å². The maximum absolute atomic E-state index is 5.99. The fourth-order valence-electron chi connectivity index (χ4n) is 2.49. The molecule has 0 spiro atoms. The number of rotatable bonds is 9.